The Kier molecular flexibility index (Phi) is 3.02. The van der Waals surface area contributed by atoms with Gasteiger partial charge in [-0.3, -0.25) is 4.90 Å². The van der Waals surface area contributed by atoms with E-state index in [0.29, 0.717) is 0 Å². The van der Waals surface area contributed by atoms with Crippen molar-refractivity contribution in [3.8, 4) is 0 Å². The molecule has 0 aromatic heterocycles. The minimum absolute atomic E-state index is 0.0661. The van der Waals surface area contributed by atoms with Crippen molar-refractivity contribution < 1.29 is 4.39 Å². The molecule has 0 aliphatic carbocycles. The summed E-state index contributed by atoms with van der Waals surface area (Å²) in [6, 6.07) is 7.42. The van der Waals surface area contributed by atoms with Gasteiger partial charge in [0.25, 0.3) is 0 Å². The molecule has 1 aliphatic heterocycles. The lowest BCUT2D eigenvalue weighted by molar-refractivity contribution is 0.119. The zero-order chi connectivity index (χ0) is 11.8. The number of hydrogen-bond acceptors (Lipinski definition) is 1. The average molecular weight is 221 g/mol. The Morgan fingerprint density at radius 1 is 1.25 bits per heavy atom. The summed E-state index contributed by atoms with van der Waals surface area (Å²) in [5.74, 6) is -0.0661. The first-order valence-electron chi connectivity index (χ1n) is 6.01. The normalized spacial score (nSPS) is 22.6. The molecule has 1 aliphatic rings. The highest BCUT2D eigenvalue weighted by molar-refractivity contribution is 5.22. The van der Waals surface area contributed by atoms with Gasteiger partial charge in [-0.1, -0.05) is 18.2 Å². The van der Waals surface area contributed by atoms with E-state index in [2.05, 4.69) is 25.7 Å². The fourth-order valence-corrected chi connectivity index (χ4v) is 2.64. The van der Waals surface area contributed by atoms with Gasteiger partial charge >= 0.3 is 0 Å². The Morgan fingerprint density at radius 2 is 1.94 bits per heavy atom. The minimum atomic E-state index is -0.0661. The topological polar surface area (TPSA) is 3.24 Å². The summed E-state index contributed by atoms with van der Waals surface area (Å²) in [5, 5.41) is 0. The smallest absolute Gasteiger partial charge is 0.127 e. The van der Waals surface area contributed by atoms with Crippen molar-refractivity contribution in [2.45, 2.75) is 45.2 Å². The van der Waals surface area contributed by atoms with Crippen LogP contribution in [0.2, 0.25) is 0 Å². The quantitative estimate of drug-likeness (QED) is 0.698. The van der Waals surface area contributed by atoms with Crippen LogP contribution in [0, 0.1) is 5.82 Å². The highest BCUT2D eigenvalue weighted by atomic mass is 19.1. The van der Waals surface area contributed by atoms with Crippen LogP contribution in [0.5, 0.6) is 0 Å². The van der Waals surface area contributed by atoms with Gasteiger partial charge in [-0.15, -0.1) is 0 Å². The number of hydrogen-bond donors (Lipinski definition) is 0. The maximum absolute atomic E-state index is 13.8. The van der Waals surface area contributed by atoms with Crippen LogP contribution < -0.4 is 0 Å². The zero-order valence-corrected chi connectivity index (χ0v) is 10.3. The Bertz CT molecular complexity index is 367. The van der Waals surface area contributed by atoms with Crippen LogP contribution >= 0.6 is 0 Å². The fourth-order valence-electron chi connectivity index (χ4n) is 2.64. The second-order valence-corrected chi connectivity index (χ2v) is 5.54. The predicted molar refractivity (Wildman–Crippen MR) is 64.8 cm³/mol. The summed E-state index contributed by atoms with van der Waals surface area (Å²) in [6.45, 7) is 7.67. The van der Waals surface area contributed by atoms with E-state index in [0.717, 1.165) is 24.9 Å². The lowest BCUT2D eigenvalue weighted by Crippen LogP contribution is -2.40. The molecule has 2 heteroatoms. The van der Waals surface area contributed by atoms with Crippen molar-refractivity contribution in [1.82, 2.24) is 4.90 Å². The first-order chi connectivity index (χ1) is 7.50. The van der Waals surface area contributed by atoms with E-state index in [1.54, 1.807) is 12.1 Å². The molecule has 1 nitrogen and oxygen atoms in total. The van der Waals surface area contributed by atoms with Crippen molar-refractivity contribution in [2.75, 3.05) is 6.54 Å². The van der Waals surface area contributed by atoms with Gasteiger partial charge in [0.2, 0.25) is 0 Å². The Labute approximate surface area is 97.3 Å². The number of benzene rings is 1. The van der Waals surface area contributed by atoms with Gasteiger partial charge in [-0.2, -0.15) is 0 Å². The molecular formula is C14H20FN. The molecule has 0 radical (unpaired) electrons. The molecule has 0 bridgehead atoms. The Hall–Kier alpha value is -0.890. The Morgan fingerprint density at radius 3 is 2.56 bits per heavy atom. The largest absolute Gasteiger partial charge is 0.291 e. The van der Waals surface area contributed by atoms with Crippen LogP contribution in [-0.4, -0.2) is 17.0 Å². The summed E-state index contributed by atoms with van der Waals surface area (Å²) in [7, 11) is 0. The van der Waals surface area contributed by atoms with Crippen molar-refractivity contribution in [3.05, 3.63) is 35.6 Å². The van der Waals surface area contributed by atoms with E-state index in [1.165, 1.54) is 0 Å². The van der Waals surface area contributed by atoms with E-state index in [9.17, 15) is 4.39 Å². The van der Waals surface area contributed by atoms with Gasteiger partial charge in [0, 0.05) is 17.1 Å². The van der Waals surface area contributed by atoms with Crippen molar-refractivity contribution in [3.63, 3.8) is 0 Å². The molecule has 1 aromatic rings. The third kappa shape index (κ3) is 2.12. The second kappa shape index (κ2) is 4.17. The molecule has 1 saturated heterocycles. The van der Waals surface area contributed by atoms with Crippen LogP contribution in [0.3, 0.4) is 0 Å². The highest BCUT2D eigenvalue weighted by Gasteiger charge is 2.34. The van der Waals surface area contributed by atoms with Crippen LogP contribution in [0.15, 0.2) is 24.3 Å². The molecule has 0 saturated carbocycles. The first kappa shape index (κ1) is 11.6. The van der Waals surface area contributed by atoms with Gasteiger partial charge in [0.1, 0.15) is 5.82 Å². The van der Waals surface area contributed by atoms with Crippen molar-refractivity contribution in [1.29, 1.82) is 0 Å². The summed E-state index contributed by atoms with van der Waals surface area (Å²) in [4.78, 5) is 2.41. The summed E-state index contributed by atoms with van der Waals surface area (Å²) in [5.41, 5.74) is 0.971. The molecule has 0 N–H and O–H groups in total. The zero-order valence-electron chi connectivity index (χ0n) is 10.3. The SMILES string of the molecule is CC(C)(C)N1CCC[C@@H]1c1ccccc1F. The predicted octanol–water partition coefficient (Wildman–Crippen LogP) is 3.76. The number of likely N-dealkylation sites (tertiary alicyclic amines) is 1. The summed E-state index contributed by atoms with van der Waals surface area (Å²) < 4.78 is 13.8. The molecule has 1 aromatic carbocycles. The standard InChI is InChI=1S/C14H20FN/c1-14(2,3)16-10-6-9-13(16)11-7-4-5-8-12(11)15/h4-5,7-8,13H,6,9-10H2,1-3H3/t13-/m1/s1. The molecule has 0 unspecified atom stereocenters. The monoisotopic (exact) mass is 221 g/mol. The van der Waals surface area contributed by atoms with E-state index in [4.69, 9.17) is 0 Å². The van der Waals surface area contributed by atoms with Gasteiger partial charge in [-0.25, -0.2) is 4.39 Å². The molecule has 16 heavy (non-hydrogen) atoms. The van der Waals surface area contributed by atoms with Crippen LogP contribution in [0.1, 0.15) is 45.2 Å². The summed E-state index contributed by atoms with van der Waals surface area (Å²) in [6.07, 6.45) is 2.23. The van der Waals surface area contributed by atoms with Crippen molar-refractivity contribution in [2.24, 2.45) is 0 Å². The molecule has 1 fully saturated rings. The summed E-state index contributed by atoms with van der Waals surface area (Å²) >= 11 is 0. The maximum atomic E-state index is 13.8. The van der Waals surface area contributed by atoms with Crippen LogP contribution in [0.4, 0.5) is 4.39 Å². The van der Waals surface area contributed by atoms with Crippen LogP contribution in [0.25, 0.3) is 0 Å². The minimum Gasteiger partial charge on any atom is -0.291 e. The van der Waals surface area contributed by atoms with E-state index >= 15 is 0 Å². The van der Waals surface area contributed by atoms with E-state index in [1.807, 2.05) is 12.1 Å². The average Bonchev–Trinajstić information content (AvgIpc) is 2.66. The highest BCUT2D eigenvalue weighted by Crippen LogP contribution is 2.37. The van der Waals surface area contributed by atoms with E-state index < -0.39 is 0 Å². The fraction of sp³-hybridized carbons (Fsp3) is 0.571. The molecule has 2 rings (SSSR count). The van der Waals surface area contributed by atoms with Gasteiger partial charge in [-0.05, 0) is 46.2 Å². The Balaban J connectivity index is 2.31. The molecule has 1 atom stereocenters. The molecule has 0 spiro atoms. The lowest BCUT2D eigenvalue weighted by Gasteiger charge is -2.37. The lowest BCUT2D eigenvalue weighted by atomic mass is 9.99. The van der Waals surface area contributed by atoms with E-state index in [-0.39, 0.29) is 17.4 Å². The molecular weight excluding hydrogens is 201 g/mol. The first-order valence-corrected chi connectivity index (χ1v) is 6.01. The molecule has 1 heterocycles. The van der Waals surface area contributed by atoms with Crippen LogP contribution in [-0.2, 0) is 0 Å². The second-order valence-electron chi connectivity index (χ2n) is 5.54. The number of nitrogens with zero attached hydrogens (tertiary/aromatic N) is 1. The molecule has 88 valence electrons. The number of rotatable bonds is 1. The van der Waals surface area contributed by atoms with Gasteiger partial charge < -0.3 is 0 Å². The molecule has 0 amide bonds. The third-order valence-corrected chi connectivity index (χ3v) is 3.38. The maximum Gasteiger partial charge on any atom is 0.127 e. The third-order valence-electron chi connectivity index (χ3n) is 3.38. The van der Waals surface area contributed by atoms with Gasteiger partial charge in [0.05, 0.1) is 0 Å². The number of halogens is 1. The van der Waals surface area contributed by atoms with Gasteiger partial charge in [0.15, 0.2) is 0 Å². The van der Waals surface area contributed by atoms with Crippen molar-refractivity contribution >= 4 is 0 Å².